The molecule has 3 aromatic rings. The van der Waals surface area contributed by atoms with Gasteiger partial charge in [0.05, 0.1) is 52.8 Å². The Morgan fingerprint density at radius 1 is 0.780 bits per heavy atom. The van der Waals surface area contributed by atoms with E-state index in [-0.39, 0.29) is 30.2 Å². The standard InChI is InChI=1S/C36H28F6N2O6/c1-34-26(31(47)44(33(34)49)19-6-4-3-5-7-19)16-24-22(29(34)25-15-21(50-2)8-11-27(25)45)9-10-23-28(24)32(48)43(30(23)46)20-13-17(35(37,38)39)12-18(14-20)36(40,41)42/h3-9,11-15,23-24,26,28-29,45H,10,16H2,1-2H3/t23-,24+,26-,28-,29+,34+/m0/s1. The number of imide groups is 2. The van der Waals surface area contributed by atoms with Crippen molar-refractivity contribution < 1.29 is 55.4 Å². The molecule has 1 saturated carbocycles. The first-order valence-electron chi connectivity index (χ1n) is 15.7. The van der Waals surface area contributed by atoms with E-state index in [0.29, 0.717) is 34.0 Å². The van der Waals surface area contributed by atoms with Gasteiger partial charge < -0.3 is 9.84 Å². The molecule has 0 aromatic heterocycles. The van der Waals surface area contributed by atoms with Gasteiger partial charge >= 0.3 is 12.4 Å². The number of para-hydroxylation sites is 1. The highest BCUT2D eigenvalue weighted by molar-refractivity contribution is 6.25. The Bertz CT molecular complexity index is 1960. The Kier molecular flexibility index (Phi) is 7.47. The van der Waals surface area contributed by atoms with E-state index in [1.54, 1.807) is 43.3 Å². The molecule has 0 radical (unpaired) electrons. The summed E-state index contributed by atoms with van der Waals surface area (Å²) in [6.07, 6.45) is -9.05. The van der Waals surface area contributed by atoms with Crippen LogP contribution in [0.1, 0.15) is 42.4 Å². The zero-order valence-electron chi connectivity index (χ0n) is 26.4. The Hall–Kier alpha value is -5.14. The Morgan fingerprint density at radius 2 is 1.42 bits per heavy atom. The molecule has 2 aliphatic carbocycles. The summed E-state index contributed by atoms with van der Waals surface area (Å²) in [6.45, 7) is 1.60. The maximum atomic E-state index is 14.5. The molecule has 2 saturated heterocycles. The molecule has 7 rings (SSSR count). The number of anilines is 2. The number of halogens is 6. The summed E-state index contributed by atoms with van der Waals surface area (Å²) in [5.74, 6) is -8.57. The predicted octanol–water partition coefficient (Wildman–Crippen LogP) is 6.87. The largest absolute Gasteiger partial charge is 0.508 e. The maximum absolute atomic E-state index is 14.5. The molecule has 4 aliphatic rings. The highest BCUT2D eigenvalue weighted by Crippen LogP contribution is 2.64. The average Bonchev–Trinajstić information content (AvgIpc) is 3.44. The van der Waals surface area contributed by atoms with Crippen LogP contribution in [-0.2, 0) is 31.5 Å². The number of alkyl halides is 6. The van der Waals surface area contributed by atoms with Crippen LogP contribution in [0.3, 0.4) is 0 Å². The third-order valence-electron chi connectivity index (χ3n) is 10.7. The number of rotatable bonds is 4. The quantitative estimate of drug-likeness (QED) is 0.181. The average molecular weight is 699 g/mol. The first-order valence-corrected chi connectivity index (χ1v) is 15.7. The molecule has 4 amide bonds. The van der Waals surface area contributed by atoms with Gasteiger partial charge in [-0.2, -0.15) is 26.3 Å². The lowest BCUT2D eigenvalue weighted by atomic mass is 9.51. The van der Waals surface area contributed by atoms with Crippen molar-refractivity contribution in [3.05, 3.63) is 95.1 Å². The highest BCUT2D eigenvalue weighted by Gasteiger charge is 2.68. The molecule has 8 nitrogen and oxygen atoms in total. The smallest absolute Gasteiger partial charge is 0.416 e. The van der Waals surface area contributed by atoms with E-state index in [0.717, 1.165) is 4.90 Å². The third-order valence-corrected chi connectivity index (χ3v) is 10.7. The molecule has 6 atom stereocenters. The summed E-state index contributed by atoms with van der Waals surface area (Å²) in [5.41, 5.74) is -4.80. The molecule has 14 heteroatoms. The van der Waals surface area contributed by atoms with Gasteiger partial charge in [-0.05, 0) is 74.2 Å². The number of carbonyl (C=O) groups excluding carboxylic acids is 4. The fourth-order valence-electron chi connectivity index (χ4n) is 8.40. The lowest BCUT2D eigenvalue weighted by molar-refractivity contribution is -0.143. The maximum Gasteiger partial charge on any atom is 0.416 e. The molecular weight excluding hydrogens is 670 g/mol. The number of amides is 4. The zero-order valence-corrected chi connectivity index (χ0v) is 26.4. The van der Waals surface area contributed by atoms with Gasteiger partial charge in [-0.3, -0.25) is 19.2 Å². The molecule has 3 aromatic carbocycles. The summed E-state index contributed by atoms with van der Waals surface area (Å²) >= 11 is 0. The van der Waals surface area contributed by atoms with E-state index in [2.05, 4.69) is 0 Å². The number of methoxy groups -OCH3 is 1. The SMILES string of the molecule is COc1ccc(O)c([C@H]2C3=CC[C@@H]4C(=O)N(c5cc(C(F)(F)F)cc(C(F)(F)F)c5)C(=O)[C@@H]4[C@@H]3C[C@H]3C(=O)N(c4ccccc4)C(=O)[C@@]23C)c1. The lowest BCUT2D eigenvalue weighted by Gasteiger charge is -2.49. The number of hydrogen-bond acceptors (Lipinski definition) is 6. The van der Waals surface area contributed by atoms with E-state index in [4.69, 9.17) is 4.74 Å². The number of ether oxygens (including phenoxy) is 1. The van der Waals surface area contributed by atoms with Gasteiger partial charge in [-0.25, -0.2) is 9.80 Å². The van der Waals surface area contributed by atoms with Crippen LogP contribution in [-0.4, -0.2) is 35.8 Å². The van der Waals surface area contributed by atoms with Crippen LogP contribution in [0.25, 0.3) is 0 Å². The minimum absolute atomic E-state index is 0.0877. The summed E-state index contributed by atoms with van der Waals surface area (Å²) in [5, 5.41) is 11.2. The molecule has 2 heterocycles. The van der Waals surface area contributed by atoms with Gasteiger partial charge in [0.2, 0.25) is 23.6 Å². The molecule has 0 unspecified atom stereocenters. The van der Waals surface area contributed by atoms with Gasteiger partial charge in [0.1, 0.15) is 11.5 Å². The molecule has 2 aliphatic heterocycles. The van der Waals surface area contributed by atoms with Crippen molar-refractivity contribution in [3.63, 3.8) is 0 Å². The Balaban J connectivity index is 1.37. The van der Waals surface area contributed by atoms with Crippen LogP contribution < -0.4 is 14.5 Å². The minimum Gasteiger partial charge on any atom is -0.508 e. The van der Waals surface area contributed by atoms with E-state index in [1.165, 1.54) is 25.3 Å². The van der Waals surface area contributed by atoms with Crippen LogP contribution in [0.2, 0.25) is 0 Å². The van der Waals surface area contributed by atoms with E-state index in [9.17, 15) is 50.6 Å². The first kappa shape index (κ1) is 33.4. The van der Waals surface area contributed by atoms with Crippen molar-refractivity contribution in [2.24, 2.45) is 29.1 Å². The van der Waals surface area contributed by atoms with E-state index < -0.39 is 87.8 Å². The summed E-state index contributed by atoms with van der Waals surface area (Å²) in [6, 6.07) is 13.1. The monoisotopic (exact) mass is 698 g/mol. The second-order valence-corrected chi connectivity index (χ2v) is 13.2. The summed E-state index contributed by atoms with van der Waals surface area (Å²) < 4.78 is 87.9. The summed E-state index contributed by atoms with van der Waals surface area (Å²) in [4.78, 5) is 58.1. The zero-order chi connectivity index (χ0) is 36.1. The number of allylic oxidation sites excluding steroid dienone is 2. The molecule has 50 heavy (non-hydrogen) atoms. The number of phenolic OH excluding ortho intramolecular Hbond substituents is 1. The number of hydrogen-bond donors (Lipinski definition) is 1. The van der Waals surface area contributed by atoms with Crippen molar-refractivity contribution in [3.8, 4) is 11.5 Å². The molecule has 0 bridgehead atoms. The van der Waals surface area contributed by atoms with Crippen molar-refractivity contribution in [2.75, 3.05) is 16.9 Å². The number of nitrogens with zero attached hydrogens (tertiary/aromatic N) is 2. The minimum atomic E-state index is -5.22. The second kappa shape index (κ2) is 11.2. The number of phenols is 1. The second-order valence-electron chi connectivity index (χ2n) is 13.2. The third kappa shape index (κ3) is 4.82. The number of aromatic hydroxyl groups is 1. The van der Waals surface area contributed by atoms with E-state index in [1.807, 2.05) is 0 Å². The fraction of sp³-hybridized carbons (Fsp3) is 0.333. The Morgan fingerprint density at radius 3 is 2.02 bits per heavy atom. The van der Waals surface area contributed by atoms with Crippen LogP contribution in [0, 0.1) is 29.1 Å². The van der Waals surface area contributed by atoms with Crippen LogP contribution >= 0.6 is 0 Å². The molecule has 3 fully saturated rings. The lowest BCUT2D eigenvalue weighted by Crippen LogP contribution is -2.48. The molecule has 1 N–H and O–H groups in total. The van der Waals surface area contributed by atoms with Crippen LogP contribution in [0.15, 0.2) is 78.4 Å². The summed E-state index contributed by atoms with van der Waals surface area (Å²) in [7, 11) is 1.39. The molecular formula is C36H28F6N2O6. The number of carbonyl (C=O) groups is 4. The van der Waals surface area contributed by atoms with Crippen LogP contribution in [0.4, 0.5) is 37.7 Å². The van der Waals surface area contributed by atoms with Gasteiger partial charge in [0, 0.05) is 11.5 Å². The van der Waals surface area contributed by atoms with Crippen molar-refractivity contribution in [2.45, 2.75) is 38.0 Å². The molecule has 260 valence electrons. The molecule has 0 spiro atoms. The van der Waals surface area contributed by atoms with Crippen molar-refractivity contribution in [1.82, 2.24) is 0 Å². The fourth-order valence-corrected chi connectivity index (χ4v) is 8.40. The van der Waals surface area contributed by atoms with Gasteiger partial charge in [-0.1, -0.05) is 29.8 Å². The number of benzene rings is 3. The normalized spacial score (nSPS) is 28.0. The van der Waals surface area contributed by atoms with E-state index >= 15 is 0 Å². The Labute approximate surface area is 280 Å². The van der Waals surface area contributed by atoms with Crippen LogP contribution in [0.5, 0.6) is 11.5 Å². The van der Waals surface area contributed by atoms with Gasteiger partial charge in [-0.15, -0.1) is 0 Å². The van der Waals surface area contributed by atoms with Gasteiger partial charge in [0.25, 0.3) is 0 Å². The predicted molar refractivity (Wildman–Crippen MR) is 165 cm³/mol. The highest BCUT2D eigenvalue weighted by atomic mass is 19.4. The van der Waals surface area contributed by atoms with Crippen molar-refractivity contribution in [1.29, 1.82) is 0 Å². The first-order chi connectivity index (χ1) is 23.5. The van der Waals surface area contributed by atoms with Gasteiger partial charge in [0.15, 0.2) is 0 Å². The van der Waals surface area contributed by atoms with Crippen molar-refractivity contribution >= 4 is 35.0 Å². The topological polar surface area (TPSA) is 104 Å². The number of fused-ring (bicyclic) bond motifs is 4.